The topological polar surface area (TPSA) is 69.7 Å². The lowest BCUT2D eigenvalue weighted by Crippen LogP contribution is -2.34. The van der Waals surface area contributed by atoms with Crippen molar-refractivity contribution >= 4 is 16.9 Å². The van der Waals surface area contributed by atoms with Gasteiger partial charge >= 0.3 is 0 Å². The van der Waals surface area contributed by atoms with Crippen molar-refractivity contribution in [3.8, 4) is 0 Å². The Morgan fingerprint density at radius 1 is 1.39 bits per heavy atom. The third-order valence-corrected chi connectivity index (χ3v) is 3.08. The minimum Gasteiger partial charge on any atom is -0.368 e. The number of rotatable bonds is 6. The van der Waals surface area contributed by atoms with E-state index in [1.54, 1.807) is 12.5 Å². The maximum absolute atomic E-state index is 4.25. The fourth-order valence-electron chi connectivity index (χ4n) is 2.01. The van der Waals surface area contributed by atoms with Gasteiger partial charge in [-0.25, -0.2) is 9.97 Å². The van der Waals surface area contributed by atoms with Crippen molar-refractivity contribution in [2.24, 2.45) is 0 Å². The largest absolute Gasteiger partial charge is 0.368 e. The van der Waals surface area contributed by atoms with Crippen molar-refractivity contribution < 1.29 is 0 Å². The highest BCUT2D eigenvalue weighted by Crippen LogP contribution is 2.15. The number of fused-ring (bicyclic) bond motifs is 1. The van der Waals surface area contributed by atoms with Crippen LogP contribution in [0.15, 0.2) is 12.5 Å². The molecule has 0 spiro atoms. The summed E-state index contributed by atoms with van der Waals surface area (Å²) in [5.74, 6) is 0.841. The summed E-state index contributed by atoms with van der Waals surface area (Å²) in [5, 5.41) is 11.1. The summed E-state index contributed by atoms with van der Waals surface area (Å²) >= 11 is 0. The first kappa shape index (κ1) is 12.8. The molecule has 0 radical (unpaired) electrons. The molecule has 6 nitrogen and oxygen atoms in total. The first-order valence-corrected chi connectivity index (χ1v) is 6.34. The van der Waals surface area contributed by atoms with E-state index < -0.39 is 0 Å². The van der Waals surface area contributed by atoms with Crippen molar-refractivity contribution in [1.82, 2.24) is 25.1 Å². The van der Waals surface area contributed by atoms with Crippen LogP contribution in [-0.4, -0.2) is 50.7 Å². The lowest BCUT2D eigenvalue weighted by Gasteiger charge is -2.24. The van der Waals surface area contributed by atoms with E-state index in [9.17, 15) is 0 Å². The Balaban J connectivity index is 1.96. The average Bonchev–Trinajstić information content (AvgIpc) is 2.83. The number of hydrogen-bond acceptors (Lipinski definition) is 5. The van der Waals surface area contributed by atoms with Gasteiger partial charge in [0, 0.05) is 19.1 Å². The molecule has 2 rings (SSSR count). The highest BCUT2D eigenvalue weighted by Gasteiger charge is 2.08. The minimum atomic E-state index is 0.566. The average molecular weight is 248 g/mol. The van der Waals surface area contributed by atoms with Crippen LogP contribution in [0.25, 0.3) is 11.0 Å². The molecule has 0 saturated heterocycles. The Hall–Kier alpha value is -1.69. The second-order valence-electron chi connectivity index (χ2n) is 4.50. The maximum atomic E-state index is 4.25. The number of aromatic amines is 1. The molecular weight excluding hydrogens is 228 g/mol. The molecule has 2 aromatic rings. The van der Waals surface area contributed by atoms with Crippen LogP contribution in [0, 0.1) is 0 Å². The van der Waals surface area contributed by atoms with E-state index in [1.807, 2.05) is 0 Å². The predicted molar refractivity (Wildman–Crippen MR) is 72.6 cm³/mol. The number of nitrogens with one attached hydrogen (secondary N) is 2. The normalized spacial score (nSPS) is 11.6. The number of H-pyrrole nitrogens is 1. The summed E-state index contributed by atoms with van der Waals surface area (Å²) in [4.78, 5) is 10.8. The molecule has 0 fully saturated rings. The van der Waals surface area contributed by atoms with Gasteiger partial charge in [-0.1, -0.05) is 6.92 Å². The monoisotopic (exact) mass is 248 g/mol. The Morgan fingerprint density at radius 3 is 2.94 bits per heavy atom. The molecule has 0 aromatic carbocycles. The molecule has 0 unspecified atom stereocenters. The number of likely N-dealkylation sites (N-methyl/N-ethyl adjacent to an activating group) is 1. The van der Waals surface area contributed by atoms with Gasteiger partial charge in [-0.15, -0.1) is 0 Å². The molecule has 2 aromatic heterocycles. The van der Waals surface area contributed by atoms with Gasteiger partial charge in [-0.3, -0.25) is 10.00 Å². The SMILES string of the molecule is CCN(CCNc1ncnc2[nH]ncc12)C(C)C. The summed E-state index contributed by atoms with van der Waals surface area (Å²) in [6, 6.07) is 0.566. The van der Waals surface area contributed by atoms with Crippen molar-refractivity contribution in [3.05, 3.63) is 12.5 Å². The highest BCUT2D eigenvalue weighted by molar-refractivity contribution is 5.85. The van der Waals surface area contributed by atoms with E-state index in [-0.39, 0.29) is 0 Å². The summed E-state index contributed by atoms with van der Waals surface area (Å²) in [6.07, 6.45) is 3.29. The zero-order valence-electron chi connectivity index (χ0n) is 11.1. The third-order valence-electron chi connectivity index (χ3n) is 3.08. The Morgan fingerprint density at radius 2 is 2.22 bits per heavy atom. The van der Waals surface area contributed by atoms with E-state index in [0.29, 0.717) is 6.04 Å². The van der Waals surface area contributed by atoms with E-state index in [2.05, 4.69) is 51.2 Å². The summed E-state index contributed by atoms with van der Waals surface area (Å²) < 4.78 is 0. The molecule has 2 N–H and O–H groups in total. The van der Waals surface area contributed by atoms with Gasteiger partial charge in [-0.2, -0.15) is 5.10 Å². The molecule has 0 atom stereocenters. The lowest BCUT2D eigenvalue weighted by molar-refractivity contribution is 0.243. The standard InChI is InChI=1S/C12H20N6/c1-4-18(9(2)3)6-5-13-11-10-7-16-17-12(10)15-8-14-11/h7-9H,4-6H2,1-3H3,(H2,13,14,15,16,17). The molecular formula is C12H20N6. The van der Waals surface area contributed by atoms with Gasteiger partial charge in [0.1, 0.15) is 12.1 Å². The van der Waals surface area contributed by atoms with Gasteiger partial charge < -0.3 is 5.32 Å². The predicted octanol–water partition coefficient (Wildman–Crippen LogP) is 1.50. The van der Waals surface area contributed by atoms with E-state index >= 15 is 0 Å². The van der Waals surface area contributed by atoms with Crippen LogP contribution >= 0.6 is 0 Å². The minimum absolute atomic E-state index is 0.566. The highest BCUT2D eigenvalue weighted by atomic mass is 15.2. The number of nitrogens with zero attached hydrogens (tertiary/aromatic N) is 4. The van der Waals surface area contributed by atoms with Crippen LogP contribution in [0.1, 0.15) is 20.8 Å². The van der Waals surface area contributed by atoms with Crippen LogP contribution in [0.4, 0.5) is 5.82 Å². The van der Waals surface area contributed by atoms with Crippen molar-refractivity contribution in [2.45, 2.75) is 26.8 Å². The second-order valence-corrected chi connectivity index (χ2v) is 4.50. The molecule has 6 heteroatoms. The molecule has 0 saturated carbocycles. The van der Waals surface area contributed by atoms with Gasteiger partial charge in [-0.05, 0) is 20.4 Å². The van der Waals surface area contributed by atoms with E-state index in [4.69, 9.17) is 0 Å². The maximum Gasteiger partial charge on any atom is 0.160 e. The van der Waals surface area contributed by atoms with Gasteiger partial charge in [0.15, 0.2) is 5.65 Å². The second kappa shape index (κ2) is 5.77. The summed E-state index contributed by atoms with van der Waals surface area (Å²) in [5.41, 5.74) is 0.767. The molecule has 0 amide bonds. The van der Waals surface area contributed by atoms with Gasteiger partial charge in [0.2, 0.25) is 0 Å². The van der Waals surface area contributed by atoms with Crippen LogP contribution in [0.5, 0.6) is 0 Å². The summed E-state index contributed by atoms with van der Waals surface area (Å²) in [6.45, 7) is 9.52. The van der Waals surface area contributed by atoms with E-state index in [1.165, 1.54) is 0 Å². The number of aromatic nitrogens is 4. The molecule has 2 heterocycles. The fraction of sp³-hybridized carbons (Fsp3) is 0.583. The summed E-state index contributed by atoms with van der Waals surface area (Å²) in [7, 11) is 0. The quantitative estimate of drug-likeness (QED) is 0.810. The van der Waals surface area contributed by atoms with Crippen molar-refractivity contribution in [2.75, 3.05) is 25.0 Å². The molecule has 18 heavy (non-hydrogen) atoms. The zero-order chi connectivity index (χ0) is 13.0. The smallest absolute Gasteiger partial charge is 0.160 e. The Labute approximate surface area is 107 Å². The van der Waals surface area contributed by atoms with Crippen LogP contribution in [0.2, 0.25) is 0 Å². The first-order valence-electron chi connectivity index (χ1n) is 6.34. The van der Waals surface area contributed by atoms with Gasteiger partial charge in [0.05, 0.1) is 11.6 Å². The van der Waals surface area contributed by atoms with E-state index in [0.717, 1.165) is 36.5 Å². The van der Waals surface area contributed by atoms with Crippen molar-refractivity contribution in [1.29, 1.82) is 0 Å². The van der Waals surface area contributed by atoms with Crippen molar-refractivity contribution in [3.63, 3.8) is 0 Å². The number of anilines is 1. The molecule has 98 valence electrons. The molecule has 0 bridgehead atoms. The van der Waals surface area contributed by atoms with Crippen LogP contribution in [0.3, 0.4) is 0 Å². The van der Waals surface area contributed by atoms with Gasteiger partial charge in [0.25, 0.3) is 0 Å². The molecule has 0 aliphatic carbocycles. The Bertz CT molecular complexity index is 492. The Kier molecular flexibility index (Phi) is 4.09. The third kappa shape index (κ3) is 2.76. The first-order chi connectivity index (χ1) is 8.72. The van der Waals surface area contributed by atoms with Crippen LogP contribution in [-0.2, 0) is 0 Å². The molecule has 0 aliphatic rings. The lowest BCUT2D eigenvalue weighted by atomic mass is 10.3. The number of hydrogen-bond donors (Lipinski definition) is 2. The van der Waals surface area contributed by atoms with Crippen LogP contribution < -0.4 is 5.32 Å². The fourth-order valence-corrected chi connectivity index (χ4v) is 2.01. The zero-order valence-corrected chi connectivity index (χ0v) is 11.1. The molecule has 0 aliphatic heterocycles.